The largest absolute Gasteiger partial charge is 0.469 e. The first-order chi connectivity index (χ1) is 12.6. The highest BCUT2D eigenvalue weighted by molar-refractivity contribution is 5.77. The van der Waals surface area contributed by atoms with Crippen LogP contribution in [-0.4, -0.2) is 38.6 Å². The maximum atomic E-state index is 12.4. The van der Waals surface area contributed by atoms with Gasteiger partial charge in [0.05, 0.1) is 32.2 Å². The van der Waals surface area contributed by atoms with Crippen molar-refractivity contribution < 1.29 is 19.2 Å². The number of carbonyl (C=O) groups is 2. The first-order valence-electron chi connectivity index (χ1n) is 9.89. The number of amides is 1. The van der Waals surface area contributed by atoms with Gasteiger partial charge in [-0.2, -0.15) is 0 Å². The Labute approximate surface area is 156 Å². The lowest BCUT2D eigenvalue weighted by molar-refractivity contribution is -0.897. The molecule has 26 heavy (non-hydrogen) atoms. The second-order valence-corrected chi connectivity index (χ2v) is 7.75. The summed E-state index contributed by atoms with van der Waals surface area (Å²) in [5, 5.41) is 3.14. The normalized spacial score (nSPS) is 23.6. The second kappa shape index (κ2) is 8.67. The van der Waals surface area contributed by atoms with Gasteiger partial charge < -0.3 is 15.0 Å². The van der Waals surface area contributed by atoms with Crippen molar-refractivity contribution in [3.8, 4) is 0 Å². The minimum Gasteiger partial charge on any atom is -0.469 e. The number of hydrogen-bond acceptors (Lipinski definition) is 3. The number of likely N-dealkylation sites (tertiary alicyclic amines) is 1. The van der Waals surface area contributed by atoms with E-state index in [1.54, 1.807) is 0 Å². The number of quaternary nitrogens is 1. The van der Waals surface area contributed by atoms with Crippen LogP contribution in [0.15, 0.2) is 18.2 Å². The van der Waals surface area contributed by atoms with Crippen LogP contribution in [-0.2, 0) is 27.2 Å². The van der Waals surface area contributed by atoms with Crippen molar-refractivity contribution in [2.24, 2.45) is 5.92 Å². The van der Waals surface area contributed by atoms with Crippen molar-refractivity contribution in [3.63, 3.8) is 0 Å². The van der Waals surface area contributed by atoms with Gasteiger partial charge >= 0.3 is 5.97 Å². The van der Waals surface area contributed by atoms with E-state index in [4.69, 9.17) is 4.74 Å². The molecule has 0 spiro atoms. The van der Waals surface area contributed by atoms with Crippen LogP contribution in [0.25, 0.3) is 0 Å². The predicted molar refractivity (Wildman–Crippen MR) is 99.9 cm³/mol. The Morgan fingerprint density at radius 2 is 1.88 bits per heavy atom. The van der Waals surface area contributed by atoms with E-state index in [2.05, 4.69) is 30.4 Å². The van der Waals surface area contributed by atoms with Crippen molar-refractivity contribution in [2.75, 3.05) is 26.7 Å². The molecule has 142 valence electrons. The van der Waals surface area contributed by atoms with E-state index in [9.17, 15) is 9.59 Å². The summed E-state index contributed by atoms with van der Waals surface area (Å²) in [7, 11) is 1.44. The number of ether oxygens (including phenoxy) is 1. The van der Waals surface area contributed by atoms with Crippen LogP contribution in [0.5, 0.6) is 0 Å². The Balaban J connectivity index is 1.48. The number of nitrogens with one attached hydrogen (secondary N) is 2. The van der Waals surface area contributed by atoms with E-state index in [1.165, 1.54) is 48.0 Å². The monoisotopic (exact) mass is 359 g/mol. The van der Waals surface area contributed by atoms with E-state index in [1.807, 2.05) is 0 Å². The number of hydrogen-bond donors (Lipinski definition) is 2. The number of aryl methyl sites for hydroxylation is 2. The summed E-state index contributed by atoms with van der Waals surface area (Å²) in [6, 6.07) is 6.69. The summed E-state index contributed by atoms with van der Waals surface area (Å²) in [5.41, 5.74) is 4.11. The van der Waals surface area contributed by atoms with Crippen LogP contribution >= 0.6 is 0 Å². The topological polar surface area (TPSA) is 59.8 Å². The van der Waals surface area contributed by atoms with Crippen LogP contribution in [0, 0.1) is 5.92 Å². The highest BCUT2D eigenvalue weighted by Gasteiger charge is 2.29. The van der Waals surface area contributed by atoms with Gasteiger partial charge in [-0.15, -0.1) is 0 Å². The standard InChI is InChI=1S/C21H30N2O3/c1-15(18-8-7-16-5-3-4-6-19(16)13-18)22-20(24)14-23-11-9-17(10-12-23)21(25)26-2/h7-8,13,15,17H,3-6,9-12,14H2,1-2H3,(H,22,24)/p+1/t15-/m0/s1. The van der Waals surface area contributed by atoms with Gasteiger partial charge in [-0.05, 0) is 49.3 Å². The molecule has 1 aliphatic heterocycles. The Hall–Kier alpha value is -1.88. The summed E-state index contributed by atoms with van der Waals surface area (Å²) in [5.74, 6) is -0.0301. The molecule has 1 atom stereocenters. The molecular formula is C21H31N2O3+. The molecule has 1 saturated heterocycles. The van der Waals surface area contributed by atoms with E-state index in [-0.39, 0.29) is 23.8 Å². The fourth-order valence-electron chi connectivity index (χ4n) is 4.23. The zero-order valence-electron chi connectivity index (χ0n) is 16.0. The molecule has 0 bridgehead atoms. The third kappa shape index (κ3) is 4.64. The maximum absolute atomic E-state index is 12.4. The smallest absolute Gasteiger partial charge is 0.309 e. The van der Waals surface area contributed by atoms with Crippen LogP contribution in [0.3, 0.4) is 0 Å². The van der Waals surface area contributed by atoms with E-state index < -0.39 is 0 Å². The van der Waals surface area contributed by atoms with Gasteiger partial charge in [0.1, 0.15) is 0 Å². The van der Waals surface area contributed by atoms with Gasteiger partial charge in [0, 0.05) is 12.8 Å². The number of fused-ring (bicyclic) bond motifs is 1. The van der Waals surface area contributed by atoms with Crippen LogP contribution in [0.4, 0.5) is 0 Å². The predicted octanol–water partition coefficient (Wildman–Crippen LogP) is 1.21. The molecule has 0 saturated carbocycles. The molecule has 1 aliphatic carbocycles. The maximum Gasteiger partial charge on any atom is 0.309 e. The molecule has 5 heteroatoms. The number of rotatable bonds is 5. The van der Waals surface area contributed by atoms with Gasteiger partial charge in [0.25, 0.3) is 5.91 Å². The first kappa shape index (κ1) is 18.9. The summed E-state index contributed by atoms with van der Waals surface area (Å²) in [6.45, 7) is 4.23. The number of piperidine rings is 1. The lowest BCUT2D eigenvalue weighted by Gasteiger charge is -2.28. The molecule has 1 aromatic carbocycles. The van der Waals surface area contributed by atoms with Gasteiger partial charge in [0.2, 0.25) is 0 Å². The molecule has 1 aromatic rings. The summed E-state index contributed by atoms with van der Waals surface area (Å²) in [6.07, 6.45) is 6.49. The lowest BCUT2D eigenvalue weighted by Crippen LogP contribution is -3.14. The molecule has 3 rings (SSSR count). The average molecular weight is 359 g/mol. The van der Waals surface area contributed by atoms with Gasteiger partial charge in [0.15, 0.2) is 6.54 Å². The molecule has 1 heterocycles. The molecule has 2 aliphatic rings. The second-order valence-electron chi connectivity index (χ2n) is 7.75. The number of methoxy groups -OCH3 is 1. The molecule has 2 N–H and O–H groups in total. The lowest BCUT2D eigenvalue weighted by atomic mass is 9.89. The molecule has 5 nitrogen and oxygen atoms in total. The Morgan fingerprint density at radius 1 is 1.19 bits per heavy atom. The highest BCUT2D eigenvalue weighted by Crippen LogP contribution is 2.24. The summed E-state index contributed by atoms with van der Waals surface area (Å²) < 4.78 is 4.82. The fraction of sp³-hybridized carbons (Fsp3) is 0.619. The molecule has 0 radical (unpaired) electrons. The average Bonchev–Trinajstić information content (AvgIpc) is 2.67. The quantitative estimate of drug-likeness (QED) is 0.777. The highest BCUT2D eigenvalue weighted by atomic mass is 16.5. The van der Waals surface area contributed by atoms with Crippen LogP contribution < -0.4 is 10.2 Å². The van der Waals surface area contributed by atoms with Crippen LogP contribution in [0.2, 0.25) is 0 Å². The fourth-order valence-corrected chi connectivity index (χ4v) is 4.23. The third-order valence-corrected chi connectivity index (χ3v) is 5.89. The number of benzene rings is 1. The minimum atomic E-state index is -0.116. The van der Waals surface area contributed by atoms with Crippen molar-refractivity contribution in [1.82, 2.24) is 5.32 Å². The molecule has 0 unspecified atom stereocenters. The number of carbonyl (C=O) groups excluding carboxylic acids is 2. The SMILES string of the molecule is COC(=O)C1CC[NH+](CC(=O)N[C@@H](C)c2ccc3c(c2)CCCC3)CC1. The van der Waals surface area contributed by atoms with Crippen molar-refractivity contribution in [2.45, 2.75) is 51.5 Å². The third-order valence-electron chi connectivity index (χ3n) is 5.89. The summed E-state index contributed by atoms with van der Waals surface area (Å²) in [4.78, 5) is 25.3. The van der Waals surface area contributed by atoms with Gasteiger partial charge in [-0.1, -0.05) is 18.2 Å². The Bertz CT molecular complexity index is 651. The van der Waals surface area contributed by atoms with E-state index >= 15 is 0 Å². The number of esters is 1. The molecular weight excluding hydrogens is 328 g/mol. The summed E-state index contributed by atoms with van der Waals surface area (Å²) >= 11 is 0. The molecule has 0 aromatic heterocycles. The van der Waals surface area contributed by atoms with Crippen molar-refractivity contribution in [3.05, 3.63) is 34.9 Å². The first-order valence-corrected chi connectivity index (χ1v) is 9.89. The Morgan fingerprint density at radius 3 is 2.58 bits per heavy atom. The zero-order valence-corrected chi connectivity index (χ0v) is 16.0. The van der Waals surface area contributed by atoms with Crippen LogP contribution in [0.1, 0.15) is 55.3 Å². The zero-order chi connectivity index (χ0) is 18.5. The van der Waals surface area contributed by atoms with Gasteiger partial charge in [-0.3, -0.25) is 9.59 Å². The minimum absolute atomic E-state index is 0.00114. The van der Waals surface area contributed by atoms with Crippen molar-refractivity contribution in [1.29, 1.82) is 0 Å². The van der Waals surface area contributed by atoms with E-state index in [0.29, 0.717) is 6.54 Å². The van der Waals surface area contributed by atoms with Gasteiger partial charge in [-0.25, -0.2) is 0 Å². The molecule has 1 amide bonds. The van der Waals surface area contributed by atoms with Crippen molar-refractivity contribution >= 4 is 11.9 Å². The Kier molecular flexibility index (Phi) is 6.30. The van der Waals surface area contributed by atoms with E-state index in [0.717, 1.165) is 32.4 Å². The molecule has 1 fully saturated rings.